The smallest absolute Gasteiger partial charge is 0.270 e. The van der Waals surface area contributed by atoms with Crippen LogP contribution in [0.4, 0.5) is 5.13 Å². The summed E-state index contributed by atoms with van der Waals surface area (Å²) >= 11 is 1.15. The molecule has 40 heavy (non-hydrogen) atoms. The lowest BCUT2D eigenvalue weighted by atomic mass is 10.1. The number of nitrogens with zero attached hydrogens (tertiary/aromatic N) is 2. The Kier molecular flexibility index (Phi) is 11.0. The highest BCUT2D eigenvalue weighted by Crippen LogP contribution is 2.35. The summed E-state index contributed by atoms with van der Waals surface area (Å²) in [4.78, 5) is 32.2. The summed E-state index contributed by atoms with van der Waals surface area (Å²) in [6.45, 7) is 5.94. The highest BCUT2D eigenvalue weighted by atomic mass is 32.1. The Morgan fingerprint density at radius 3 is 2.10 bits per heavy atom. The number of rotatable bonds is 14. The van der Waals surface area contributed by atoms with Gasteiger partial charge >= 0.3 is 0 Å². The van der Waals surface area contributed by atoms with Crippen LogP contribution in [0, 0.1) is 0 Å². The van der Waals surface area contributed by atoms with E-state index in [1.807, 2.05) is 18.2 Å². The fourth-order valence-electron chi connectivity index (χ4n) is 3.94. The zero-order valence-electron chi connectivity index (χ0n) is 23.8. The number of hydrogen-bond acceptors (Lipinski definition) is 10. The van der Waals surface area contributed by atoms with Crippen molar-refractivity contribution in [3.63, 3.8) is 0 Å². The van der Waals surface area contributed by atoms with E-state index in [0.29, 0.717) is 48.4 Å². The van der Waals surface area contributed by atoms with Crippen LogP contribution >= 0.6 is 11.3 Å². The standard InChI is InChI=1S/C28H36N4O7S/c1-17(2)32(15-18-8-9-21(35-3)23(12-18)37-5)11-10-29-27(34)20-16-40-28(30-20)31-26(33)19-13-24(38-6)25(39-7)14-22(19)36-4/h8-9,12-14,16-17H,10-11,15H2,1-7H3,(H,29,34)(H,30,31,33). The van der Waals surface area contributed by atoms with E-state index in [9.17, 15) is 9.59 Å². The number of nitrogens with one attached hydrogen (secondary N) is 2. The summed E-state index contributed by atoms with van der Waals surface area (Å²) in [5, 5.41) is 7.51. The van der Waals surface area contributed by atoms with E-state index >= 15 is 0 Å². The van der Waals surface area contributed by atoms with Crippen LogP contribution in [0.5, 0.6) is 28.7 Å². The normalized spacial score (nSPS) is 10.8. The van der Waals surface area contributed by atoms with Crippen LogP contribution in [0.2, 0.25) is 0 Å². The first-order chi connectivity index (χ1) is 19.2. The Balaban J connectivity index is 1.59. The van der Waals surface area contributed by atoms with Gasteiger partial charge in [-0.2, -0.15) is 0 Å². The number of methoxy groups -OCH3 is 5. The van der Waals surface area contributed by atoms with Crippen LogP contribution in [-0.2, 0) is 6.54 Å². The monoisotopic (exact) mass is 572 g/mol. The lowest BCUT2D eigenvalue weighted by molar-refractivity contribution is 0.0938. The molecule has 11 nitrogen and oxygen atoms in total. The number of carbonyl (C=O) groups excluding carboxylic acids is 2. The van der Waals surface area contributed by atoms with Gasteiger partial charge in [0.1, 0.15) is 11.4 Å². The molecule has 12 heteroatoms. The highest BCUT2D eigenvalue weighted by molar-refractivity contribution is 7.14. The van der Waals surface area contributed by atoms with Crippen LogP contribution in [0.3, 0.4) is 0 Å². The molecular weight excluding hydrogens is 536 g/mol. The van der Waals surface area contributed by atoms with E-state index in [0.717, 1.165) is 16.9 Å². The Hall–Kier alpha value is -4.03. The van der Waals surface area contributed by atoms with Crippen LogP contribution in [0.1, 0.15) is 40.3 Å². The van der Waals surface area contributed by atoms with Gasteiger partial charge in [-0.1, -0.05) is 6.07 Å². The van der Waals surface area contributed by atoms with Crippen molar-refractivity contribution < 1.29 is 33.3 Å². The molecular formula is C28H36N4O7S. The van der Waals surface area contributed by atoms with E-state index < -0.39 is 5.91 Å². The minimum atomic E-state index is -0.457. The summed E-state index contributed by atoms with van der Waals surface area (Å²) in [5.74, 6) is 1.70. The number of benzene rings is 2. The number of thiazole rings is 1. The molecule has 0 atom stereocenters. The van der Waals surface area contributed by atoms with Gasteiger partial charge in [0.25, 0.3) is 11.8 Å². The molecule has 3 rings (SSSR count). The van der Waals surface area contributed by atoms with Gasteiger partial charge in [0.05, 0.1) is 41.1 Å². The van der Waals surface area contributed by atoms with Crippen molar-refractivity contribution in [3.05, 3.63) is 52.5 Å². The zero-order valence-corrected chi connectivity index (χ0v) is 24.6. The second kappa shape index (κ2) is 14.4. The molecule has 0 saturated carbocycles. The molecule has 0 fully saturated rings. The van der Waals surface area contributed by atoms with E-state index in [-0.39, 0.29) is 28.3 Å². The molecule has 2 amide bonds. The van der Waals surface area contributed by atoms with Crippen LogP contribution < -0.4 is 34.3 Å². The fourth-order valence-corrected chi connectivity index (χ4v) is 4.63. The Labute approximate surface area is 238 Å². The summed E-state index contributed by atoms with van der Waals surface area (Å²) in [7, 11) is 7.65. The molecule has 0 saturated heterocycles. The van der Waals surface area contributed by atoms with E-state index in [1.54, 1.807) is 25.7 Å². The number of aromatic nitrogens is 1. The van der Waals surface area contributed by atoms with Crippen molar-refractivity contribution in [1.82, 2.24) is 15.2 Å². The van der Waals surface area contributed by atoms with Gasteiger partial charge in [0.15, 0.2) is 28.1 Å². The summed E-state index contributed by atoms with van der Waals surface area (Å²) < 4.78 is 26.6. The summed E-state index contributed by atoms with van der Waals surface area (Å²) in [6.07, 6.45) is 0. The maximum absolute atomic E-state index is 12.9. The van der Waals surface area contributed by atoms with Gasteiger partial charge in [0, 0.05) is 43.2 Å². The van der Waals surface area contributed by atoms with E-state index in [2.05, 4.69) is 34.4 Å². The van der Waals surface area contributed by atoms with Crippen molar-refractivity contribution in [2.24, 2.45) is 0 Å². The Bertz CT molecular complexity index is 1310. The third-order valence-corrected chi connectivity index (χ3v) is 6.91. The Morgan fingerprint density at radius 2 is 1.48 bits per heavy atom. The number of hydrogen-bond donors (Lipinski definition) is 2. The zero-order chi connectivity index (χ0) is 29.2. The molecule has 216 valence electrons. The number of ether oxygens (including phenoxy) is 5. The highest BCUT2D eigenvalue weighted by Gasteiger charge is 2.20. The molecule has 0 aliphatic carbocycles. The second-order valence-electron chi connectivity index (χ2n) is 8.91. The van der Waals surface area contributed by atoms with Crippen LogP contribution in [0.15, 0.2) is 35.7 Å². The number of amides is 2. The largest absolute Gasteiger partial charge is 0.496 e. The molecule has 0 aliphatic heterocycles. The van der Waals surface area contributed by atoms with Gasteiger partial charge in [-0.15, -0.1) is 11.3 Å². The quantitative estimate of drug-likeness (QED) is 0.294. The lowest BCUT2D eigenvalue weighted by Gasteiger charge is -2.27. The van der Waals surface area contributed by atoms with Gasteiger partial charge in [-0.3, -0.25) is 19.8 Å². The molecule has 0 radical (unpaired) electrons. The lowest BCUT2D eigenvalue weighted by Crippen LogP contribution is -2.38. The Morgan fingerprint density at radius 1 is 0.850 bits per heavy atom. The molecule has 2 N–H and O–H groups in total. The first-order valence-corrected chi connectivity index (χ1v) is 13.4. The van der Waals surface area contributed by atoms with Gasteiger partial charge in [-0.05, 0) is 31.5 Å². The minimum Gasteiger partial charge on any atom is -0.496 e. The second-order valence-corrected chi connectivity index (χ2v) is 9.77. The molecule has 1 heterocycles. The van der Waals surface area contributed by atoms with E-state index in [1.165, 1.54) is 27.4 Å². The predicted octanol–water partition coefficient (Wildman–Crippen LogP) is 4.08. The maximum atomic E-state index is 12.9. The molecule has 2 aromatic carbocycles. The third-order valence-electron chi connectivity index (χ3n) is 6.16. The molecule has 1 aromatic heterocycles. The third kappa shape index (κ3) is 7.54. The first kappa shape index (κ1) is 30.5. The molecule has 0 unspecified atom stereocenters. The fraction of sp³-hybridized carbons (Fsp3) is 0.393. The van der Waals surface area contributed by atoms with Crippen molar-refractivity contribution >= 4 is 28.3 Å². The average Bonchev–Trinajstić information content (AvgIpc) is 3.43. The van der Waals surface area contributed by atoms with Gasteiger partial charge < -0.3 is 29.0 Å². The van der Waals surface area contributed by atoms with Crippen LogP contribution in [-0.4, -0.2) is 76.4 Å². The van der Waals surface area contributed by atoms with Gasteiger partial charge in [0.2, 0.25) is 0 Å². The van der Waals surface area contributed by atoms with Gasteiger partial charge in [-0.25, -0.2) is 4.98 Å². The molecule has 0 bridgehead atoms. The first-order valence-electron chi connectivity index (χ1n) is 12.5. The summed E-state index contributed by atoms with van der Waals surface area (Å²) in [5.41, 5.74) is 1.53. The predicted molar refractivity (Wildman–Crippen MR) is 154 cm³/mol. The average molecular weight is 573 g/mol. The topological polar surface area (TPSA) is 120 Å². The minimum absolute atomic E-state index is 0.218. The molecule has 0 aliphatic rings. The maximum Gasteiger partial charge on any atom is 0.270 e. The number of anilines is 1. The SMILES string of the molecule is COc1ccc(CN(CCNC(=O)c2csc(NC(=O)c3cc(OC)c(OC)cc3OC)n2)C(C)C)cc1OC. The molecule has 3 aromatic rings. The van der Waals surface area contributed by atoms with E-state index in [4.69, 9.17) is 23.7 Å². The van der Waals surface area contributed by atoms with Crippen molar-refractivity contribution in [1.29, 1.82) is 0 Å². The van der Waals surface area contributed by atoms with Crippen molar-refractivity contribution in [2.75, 3.05) is 54.0 Å². The molecule has 0 spiro atoms. The van der Waals surface area contributed by atoms with Crippen LogP contribution in [0.25, 0.3) is 0 Å². The van der Waals surface area contributed by atoms with Crippen molar-refractivity contribution in [3.8, 4) is 28.7 Å². The summed E-state index contributed by atoms with van der Waals surface area (Å²) in [6, 6.07) is 9.18. The number of carbonyl (C=O) groups is 2. The van der Waals surface area contributed by atoms with Crippen molar-refractivity contribution in [2.45, 2.75) is 26.4 Å².